The van der Waals surface area contributed by atoms with Crippen molar-refractivity contribution in [2.45, 2.75) is 13.8 Å². The first-order valence-corrected chi connectivity index (χ1v) is 3.84. The number of ether oxygens (including phenoxy) is 1. The van der Waals surface area contributed by atoms with Gasteiger partial charge in [-0.1, -0.05) is 12.7 Å². The van der Waals surface area contributed by atoms with E-state index in [0.29, 0.717) is 12.2 Å². The van der Waals surface area contributed by atoms with Gasteiger partial charge in [-0.25, -0.2) is 4.79 Å². The largest absolute Gasteiger partial charge is 0.452 e. The molecule has 0 spiro atoms. The fourth-order valence-corrected chi connectivity index (χ4v) is 0.842. The van der Waals surface area contributed by atoms with Crippen LogP contribution in [0.1, 0.15) is 13.8 Å². The highest BCUT2D eigenvalue weighted by Gasteiger charge is 2.11. The molecule has 0 aliphatic rings. The van der Waals surface area contributed by atoms with Gasteiger partial charge in [-0.3, -0.25) is 4.90 Å². The highest BCUT2D eigenvalue weighted by atomic mass is 16.5. The van der Waals surface area contributed by atoms with E-state index in [2.05, 4.69) is 11.3 Å². The fourth-order valence-electron chi connectivity index (χ4n) is 0.842. The van der Waals surface area contributed by atoms with E-state index in [0.717, 1.165) is 0 Å². The molecule has 0 aliphatic heterocycles. The minimum atomic E-state index is -0.374. The summed E-state index contributed by atoms with van der Waals surface area (Å²) in [6.45, 7) is 8.03. The quantitative estimate of drug-likeness (QED) is 0.606. The highest BCUT2D eigenvalue weighted by Crippen LogP contribution is 2.04. The van der Waals surface area contributed by atoms with Crippen molar-refractivity contribution < 1.29 is 9.53 Å². The van der Waals surface area contributed by atoms with Crippen LogP contribution in [-0.4, -0.2) is 24.6 Å². The van der Waals surface area contributed by atoms with Crippen molar-refractivity contribution in [2.24, 2.45) is 0 Å². The molecule has 0 atom stereocenters. The van der Waals surface area contributed by atoms with Crippen LogP contribution >= 0.6 is 0 Å². The number of hydrogen-bond acceptors (Lipinski definition) is 2. The molecule has 3 nitrogen and oxygen atoms in total. The molecule has 3 heteroatoms. The minimum Gasteiger partial charge on any atom is -0.452 e. The molecule has 0 radical (unpaired) electrons. The normalized spacial score (nSPS) is 9.92. The van der Waals surface area contributed by atoms with Gasteiger partial charge in [0, 0.05) is 12.2 Å². The lowest BCUT2D eigenvalue weighted by molar-refractivity contribution is 0.139. The number of hydrogen-bond donors (Lipinski definition) is 0. The van der Waals surface area contributed by atoms with Crippen LogP contribution in [0.15, 0.2) is 24.4 Å². The van der Waals surface area contributed by atoms with Crippen molar-refractivity contribution in [2.75, 3.05) is 13.7 Å². The van der Waals surface area contributed by atoms with Crippen LogP contribution in [0.3, 0.4) is 0 Å². The van der Waals surface area contributed by atoms with E-state index >= 15 is 0 Å². The van der Waals surface area contributed by atoms with E-state index in [1.54, 1.807) is 6.08 Å². The molecular formula is C9H15NO2. The zero-order chi connectivity index (χ0) is 9.56. The van der Waals surface area contributed by atoms with Gasteiger partial charge in [0.25, 0.3) is 0 Å². The summed E-state index contributed by atoms with van der Waals surface area (Å²) < 4.78 is 4.56. The average molecular weight is 169 g/mol. The highest BCUT2D eigenvalue weighted by molar-refractivity contribution is 5.70. The molecule has 0 unspecified atom stereocenters. The third-order valence-corrected chi connectivity index (χ3v) is 1.42. The molecule has 12 heavy (non-hydrogen) atoms. The molecule has 0 bridgehead atoms. The monoisotopic (exact) mass is 169 g/mol. The predicted octanol–water partition coefficient (Wildman–Crippen LogP) is 2.16. The van der Waals surface area contributed by atoms with Gasteiger partial charge in [-0.2, -0.15) is 0 Å². The molecule has 0 fully saturated rings. The maximum Gasteiger partial charge on any atom is 0.413 e. The summed E-state index contributed by atoms with van der Waals surface area (Å²) in [5.74, 6) is 0. The van der Waals surface area contributed by atoms with Gasteiger partial charge in [0.15, 0.2) is 0 Å². The first-order chi connectivity index (χ1) is 5.67. The number of methoxy groups -OCH3 is 1. The van der Waals surface area contributed by atoms with E-state index in [9.17, 15) is 4.79 Å². The van der Waals surface area contributed by atoms with Gasteiger partial charge >= 0.3 is 6.09 Å². The van der Waals surface area contributed by atoms with Crippen LogP contribution in [0.5, 0.6) is 0 Å². The predicted molar refractivity (Wildman–Crippen MR) is 48.7 cm³/mol. The Hall–Kier alpha value is -1.25. The smallest absolute Gasteiger partial charge is 0.413 e. The molecule has 0 aromatic carbocycles. The summed E-state index contributed by atoms with van der Waals surface area (Å²) in [5, 5.41) is 0. The average Bonchev–Trinajstić information content (AvgIpc) is 2.06. The summed E-state index contributed by atoms with van der Waals surface area (Å²) >= 11 is 0. The number of carbonyl (C=O) groups excluding carboxylic acids is 1. The molecule has 0 N–H and O–H groups in total. The number of nitrogens with zero attached hydrogens (tertiary/aromatic N) is 1. The van der Waals surface area contributed by atoms with Gasteiger partial charge in [-0.05, 0) is 19.9 Å². The van der Waals surface area contributed by atoms with E-state index in [1.165, 1.54) is 12.0 Å². The van der Waals surface area contributed by atoms with E-state index in [1.807, 2.05) is 19.9 Å². The maximum absolute atomic E-state index is 11.1. The summed E-state index contributed by atoms with van der Waals surface area (Å²) in [7, 11) is 1.36. The van der Waals surface area contributed by atoms with Crippen LogP contribution in [0, 0.1) is 0 Å². The van der Waals surface area contributed by atoms with Crippen molar-refractivity contribution in [3.63, 3.8) is 0 Å². The van der Waals surface area contributed by atoms with Gasteiger partial charge in [0.1, 0.15) is 0 Å². The molecule has 0 saturated carbocycles. The van der Waals surface area contributed by atoms with Crippen molar-refractivity contribution in [1.29, 1.82) is 0 Å². The Bertz CT molecular complexity index is 197. The number of allylic oxidation sites excluding steroid dienone is 2. The molecule has 0 aromatic heterocycles. The topological polar surface area (TPSA) is 29.5 Å². The van der Waals surface area contributed by atoms with Crippen molar-refractivity contribution in [3.8, 4) is 0 Å². The first kappa shape index (κ1) is 10.8. The number of amides is 1. The first-order valence-electron chi connectivity index (χ1n) is 3.84. The third kappa shape index (κ3) is 2.78. The molecule has 0 rings (SSSR count). The zero-order valence-corrected chi connectivity index (χ0v) is 7.83. The zero-order valence-electron chi connectivity index (χ0n) is 7.83. The van der Waals surface area contributed by atoms with E-state index in [4.69, 9.17) is 0 Å². The number of carbonyl (C=O) groups is 1. The molecule has 0 saturated heterocycles. The standard InChI is InChI=1S/C9H15NO2/c1-5-7-8(3)10(6-2)9(11)12-4/h5,7H,3,6H2,1-2,4H3/b7-5-. The summed E-state index contributed by atoms with van der Waals surface area (Å²) in [4.78, 5) is 12.5. The Labute approximate surface area is 73.3 Å². The van der Waals surface area contributed by atoms with Crippen LogP contribution in [0.2, 0.25) is 0 Å². The fraction of sp³-hybridized carbons (Fsp3) is 0.444. The van der Waals surface area contributed by atoms with E-state index in [-0.39, 0.29) is 6.09 Å². The van der Waals surface area contributed by atoms with Crippen LogP contribution in [0.25, 0.3) is 0 Å². The number of likely N-dealkylation sites (N-methyl/N-ethyl adjacent to an activating group) is 1. The Kier molecular flexibility index (Phi) is 4.84. The minimum absolute atomic E-state index is 0.374. The maximum atomic E-state index is 11.1. The van der Waals surface area contributed by atoms with Crippen LogP contribution in [0.4, 0.5) is 4.79 Å². The molecular weight excluding hydrogens is 154 g/mol. The lowest BCUT2D eigenvalue weighted by Crippen LogP contribution is -2.28. The van der Waals surface area contributed by atoms with Crippen LogP contribution in [-0.2, 0) is 4.74 Å². The second kappa shape index (κ2) is 5.41. The number of rotatable bonds is 3. The van der Waals surface area contributed by atoms with Gasteiger partial charge in [-0.15, -0.1) is 0 Å². The Balaban J connectivity index is 4.34. The molecule has 0 aliphatic carbocycles. The van der Waals surface area contributed by atoms with E-state index < -0.39 is 0 Å². The van der Waals surface area contributed by atoms with Gasteiger partial charge < -0.3 is 4.74 Å². The van der Waals surface area contributed by atoms with Crippen molar-refractivity contribution in [1.82, 2.24) is 4.90 Å². The van der Waals surface area contributed by atoms with Crippen LogP contribution < -0.4 is 0 Å². The Morgan fingerprint density at radius 3 is 2.58 bits per heavy atom. The Morgan fingerprint density at radius 1 is 1.67 bits per heavy atom. The van der Waals surface area contributed by atoms with Gasteiger partial charge in [0.2, 0.25) is 0 Å². The molecule has 1 amide bonds. The lowest BCUT2D eigenvalue weighted by Gasteiger charge is -2.18. The second-order valence-corrected chi connectivity index (χ2v) is 2.21. The SMILES string of the molecule is C=C(/C=C\C)N(CC)C(=O)OC. The Morgan fingerprint density at radius 2 is 2.25 bits per heavy atom. The molecule has 68 valence electrons. The van der Waals surface area contributed by atoms with Crippen molar-refractivity contribution in [3.05, 3.63) is 24.4 Å². The molecule has 0 heterocycles. The van der Waals surface area contributed by atoms with Gasteiger partial charge in [0.05, 0.1) is 7.11 Å². The third-order valence-electron chi connectivity index (χ3n) is 1.42. The summed E-state index contributed by atoms with van der Waals surface area (Å²) in [6.07, 6.45) is 3.22. The second-order valence-electron chi connectivity index (χ2n) is 2.21. The molecule has 0 aromatic rings. The summed E-state index contributed by atoms with van der Waals surface area (Å²) in [5.41, 5.74) is 0.645. The van der Waals surface area contributed by atoms with Crippen molar-refractivity contribution >= 4 is 6.09 Å². The summed E-state index contributed by atoms with van der Waals surface area (Å²) in [6, 6.07) is 0. The lowest BCUT2D eigenvalue weighted by atomic mass is 10.4.